The molecule has 196 valence electrons. The van der Waals surface area contributed by atoms with Gasteiger partial charge in [-0.3, -0.25) is 0 Å². The second-order valence-corrected chi connectivity index (χ2v) is 11.0. The van der Waals surface area contributed by atoms with Gasteiger partial charge in [0, 0.05) is 27.8 Å². The first-order valence-electron chi connectivity index (χ1n) is 14.4. The third-order valence-electron chi connectivity index (χ3n) is 8.62. The van der Waals surface area contributed by atoms with E-state index in [2.05, 4.69) is 144 Å². The second kappa shape index (κ2) is 8.95. The zero-order valence-corrected chi connectivity index (χ0v) is 22.8. The number of nitrogens with zero attached hydrogens (tertiary/aromatic N) is 1. The van der Waals surface area contributed by atoms with Gasteiger partial charge in [0.25, 0.3) is 0 Å². The summed E-state index contributed by atoms with van der Waals surface area (Å²) >= 11 is 0. The number of para-hydroxylation sites is 2. The maximum absolute atomic E-state index is 6.15. The SMILES string of the molecule is c1ccc(N(c2ccc3ccc4c(ccc5c6ccccc6ccc54)c3c2)c2ccc3oc4ccccc4c3c2)cc1. The number of anilines is 3. The molecule has 0 aliphatic rings. The van der Waals surface area contributed by atoms with Crippen molar-refractivity contribution in [1.82, 2.24) is 0 Å². The Hall–Kier alpha value is -5.60. The number of benzene rings is 8. The first kappa shape index (κ1) is 23.1. The molecule has 0 atom stereocenters. The zero-order chi connectivity index (χ0) is 27.6. The van der Waals surface area contributed by atoms with Crippen LogP contribution in [0, 0.1) is 0 Å². The molecule has 9 rings (SSSR count). The second-order valence-electron chi connectivity index (χ2n) is 11.0. The molecule has 0 N–H and O–H groups in total. The van der Waals surface area contributed by atoms with Crippen LogP contribution in [-0.2, 0) is 0 Å². The molecule has 8 aromatic carbocycles. The minimum absolute atomic E-state index is 0.900. The predicted octanol–water partition coefficient (Wildman–Crippen LogP) is 11.7. The number of fused-ring (bicyclic) bond motifs is 10. The third-order valence-corrected chi connectivity index (χ3v) is 8.62. The standard InChI is InChI=1S/C40H25NO/c1-2-9-28(10-3-1)41(30-18-23-40-38(25-30)36-12-6-7-13-39(36)42-40)29-17-14-27-16-20-34-33-19-15-26-8-4-5-11-31(26)32(33)21-22-35(34)37(27)24-29/h1-25H. The molecular formula is C40H25NO. The van der Waals surface area contributed by atoms with E-state index < -0.39 is 0 Å². The minimum atomic E-state index is 0.900. The molecule has 42 heavy (non-hydrogen) atoms. The van der Waals surface area contributed by atoms with Gasteiger partial charge in [0.2, 0.25) is 0 Å². The highest BCUT2D eigenvalue weighted by Gasteiger charge is 2.16. The highest BCUT2D eigenvalue weighted by atomic mass is 16.3. The lowest BCUT2D eigenvalue weighted by Crippen LogP contribution is -2.09. The Morgan fingerprint density at radius 1 is 0.310 bits per heavy atom. The van der Waals surface area contributed by atoms with Gasteiger partial charge in [0.15, 0.2) is 0 Å². The monoisotopic (exact) mass is 535 g/mol. The molecule has 2 nitrogen and oxygen atoms in total. The third kappa shape index (κ3) is 3.45. The lowest BCUT2D eigenvalue weighted by Gasteiger charge is -2.26. The van der Waals surface area contributed by atoms with E-state index in [9.17, 15) is 0 Å². The zero-order valence-electron chi connectivity index (χ0n) is 22.8. The Balaban J connectivity index is 1.29. The molecular weight excluding hydrogens is 510 g/mol. The van der Waals surface area contributed by atoms with Gasteiger partial charge in [-0.1, -0.05) is 103 Å². The van der Waals surface area contributed by atoms with Crippen molar-refractivity contribution in [2.45, 2.75) is 0 Å². The van der Waals surface area contributed by atoms with Gasteiger partial charge in [-0.15, -0.1) is 0 Å². The van der Waals surface area contributed by atoms with Gasteiger partial charge >= 0.3 is 0 Å². The van der Waals surface area contributed by atoms with E-state index in [1.54, 1.807) is 0 Å². The first-order chi connectivity index (χ1) is 20.8. The van der Waals surface area contributed by atoms with Gasteiger partial charge in [0.1, 0.15) is 11.2 Å². The molecule has 0 saturated heterocycles. The van der Waals surface area contributed by atoms with E-state index in [0.29, 0.717) is 0 Å². The summed E-state index contributed by atoms with van der Waals surface area (Å²) in [6.07, 6.45) is 0. The summed E-state index contributed by atoms with van der Waals surface area (Å²) in [5, 5.41) is 12.4. The molecule has 1 heterocycles. The fraction of sp³-hybridized carbons (Fsp3) is 0. The van der Waals surface area contributed by atoms with Crippen LogP contribution < -0.4 is 4.90 Å². The van der Waals surface area contributed by atoms with Crippen molar-refractivity contribution in [1.29, 1.82) is 0 Å². The minimum Gasteiger partial charge on any atom is -0.456 e. The van der Waals surface area contributed by atoms with E-state index in [-0.39, 0.29) is 0 Å². The maximum Gasteiger partial charge on any atom is 0.135 e. The average Bonchev–Trinajstić information content (AvgIpc) is 3.43. The van der Waals surface area contributed by atoms with Crippen molar-refractivity contribution in [2.24, 2.45) is 0 Å². The van der Waals surface area contributed by atoms with Gasteiger partial charge in [-0.25, -0.2) is 0 Å². The van der Waals surface area contributed by atoms with Crippen LogP contribution in [0.5, 0.6) is 0 Å². The van der Waals surface area contributed by atoms with Crippen LogP contribution >= 0.6 is 0 Å². The molecule has 1 aromatic heterocycles. The van der Waals surface area contributed by atoms with Crippen molar-refractivity contribution >= 4 is 82.1 Å². The molecule has 2 heteroatoms. The summed E-state index contributed by atoms with van der Waals surface area (Å²) in [5.74, 6) is 0. The van der Waals surface area contributed by atoms with E-state index in [0.717, 1.165) is 39.0 Å². The maximum atomic E-state index is 6.15. The van der Waals surface area contributed by atoms with Crippen LogP contribution in [0.15, 0.2) is 156 Å². The molecule has 0 fully saturated rings. The lowest BCUT2D eigenvalue weighted by molar-refractivity contribution is 0.669. The van der Waals surface area contributed by atoms with Crippen LogP contribution in [0.3, 0.4) is 0 Å². The molecule has 0 radical (unpaired) electrons. The summed E-state index contributed by atoms with van der Waals surface area (Å²) in [5.41, 5.74) is 5.13. The molecule has 0 aliphatic heterocycles. The highest BCUT2D eigenvalue weighted by molar-refractivity contribution is 6.22. The van der Waals surface area contributed by atoms with Gasteiger partial charge < -0.3 is 9.32 Å². The van der Waals surface area contributed by atoms with E-state index in [4.69, 9.17) is 4.42 Å². The molecule has 0 unspecified atom stereocenters. The largest absolute Gasteiger partial charge is 0.456 e. The first-order valence-corrected chi connectivity index (χ1v) is 14.4. The van der Waals surface area contributed by atoms with Crippen LogP contribution in [0.4, 0.5) is 17.1 Å². The number of furan rings is 1. The Labute approximate surface area is 242 Å². The van der Waals surface area contributed by atoms with E-state index in [1.165, 1.54) is 43.1 Å². The van der Waals surface area contributed by atoms with Crippen LogP contribution in [-0.4, -0.2) is 0 Å². The molecule has 0 aliphatic carbocycles. The van der Waals surface area contributed by atoms with Crippen molar-refractivity contribution in [2.75, 3.05) is 4.90 Å². The average molecular weight is 536 g/mol. The van der Waals surface area contributed by atoms with Crippen molar-refractivity contribution in [3.05, 3.63) is 152 Å². The van der Waals surface area contributed by atoms with E-state index in [1.807, 2.05) is 12.1 Å². The van der Waals surface area contributed by atoms with Gasteiger partial charge in [-0.05, 0) is 91.6 Å². The van der Waals surface area contributed by atoms with Crippen molar-refractivity contribution < 1.29 is 4.42 Å². The van der Waals surface area contributed by atoms with Gasteiger partial charge in [-0.2, -0.15) is 0 Å². The highest BCUT2D eigenvalue weighted by Crippen LogP contribution is 2.41. The summed E-state index contributed by atoms with van der Waals surface area (Å²) in [4.78, 5) is 2.34. The molecule has 0 saturated carbocycles. The van der Waals surface area contributed by atoms with Crippen molar-refractivity contribution in [3.63, 3.8) is 0 Å². The Morgan fingerprint density at radius 3 is 1.64 bits per heavy atom. The topological polar surface area (TPSA) is 16.4 Å². The fourth-order valence-electron chi connectivity index (χ4n) is 6.64. The number of hydrogen-bond acceptors (Lipinski definition) is 2. The predicted molar refractivity (Wildman–Crippen MR) is 178 cm³/mol. The lowest BCUT2D eigenvalue weighted by atomic mass is 9.94. The smallest absolute Gasteiger partial charge is 0.135 e. The summed E-state index contributed by atoms with van der Waals surface area (Å²) in [7, 11) is 0. The Morgan fingerprint density at radius 2 is 0.833 bits per heavy atom. The molecule has 9 aromatic rings. The Bertz CT molecular complexity index is 2470. The summed E-state index contributed by atoms with van der Waals surface area (Å²) < 4.78 is 6.15. The molecule has 0 amide bonds. The normalized spacial score (nSPS) is 11.8. The van der Waals surface area contributed by atoms with E-state index >= 15 is 0 Å². The van der Waals surface area contributed by atoms with Gasteiger partial charge in [0.05, 0.1) is 0 Å². The van der Waals surface area contributed by atoms with Crippen LogP contribution in [0.1, 0.15) is 0 Å². The van der Waals surface area contributed by atoms with Crippen molar-refractivity contribution in [3.8, 4) is 0 Å². The summed E-state index contributed by atoms with van der Waals surface area (Å²) in [6.45, 7) is 0. The number of hydrogen-bond donors (Lipinski definition) is 0. The quantitative estimate of drug-likeness (QED) is 0.209. The van der Waals surface area contributed by atoms with Crippen LogP contribution in [0.2, 0.25) is 0 Å². The number of rotatable bonds is 3. The molecule has 0 bridgehead atoms. The van der Waals surface area contributed by atoms with Crippen LogP contribution in [0.25, 0.3) is 65.0 Å². The summed E-state index contributed by atoms with van der Waals surface area (Å²) in [6, 6.07) is 54.5. The Kier molecular flexibility index (Phi) is 4.93. The molecule has 0 spiro atoms. The fourth-order valence-corrected chi connectivity index (χ4v) is 6.64.